The molecule has 116 valence electrons. The van der Waals surface area contributed by atoms with Gasteiger partial charge in [0.2, 0.25) is 5.91 Å². The predicted octanol–water partition coefficient (Wildman–Crippen LogP) is 3.22. The number of anilines is 1. The molecule has 5 heteroatoms. The number of pyridine rings is 1. The molecule has 0 bridgehead atoms. The van der Waals surface area contributed by atoms with Crippen LogP contribution in [0.1, 0.15) is 31.4 Å². The maximum Gasteiger partial charge on any atom is 0.251 e. The number of hydrogen-bond donors (Lipinski definition) is 2. The predicted molar refractivity (Wildman–Crippen MR) is 89.7 cm³/mol. The Hall–Kier alpha value is -1.81. The fourth-order valence-electron chi connectivity index (χ4n) is 2.84. The van der Waals surface area contributed by atoms with Gasteiger partial charge in [-0.25, -0.2) is 0 Å². The Morgan fingerprint density at radius 1 is 1.32 bits per heavy atom. The van der Waals surface area contributed by atoms with E-state index in [1.807, 2.05) is 18.2 Å². The van der Waals surface area contributed by atoms with Crippen molar-refractivity contribution in [2.45, 2.75) is 33.1 Å². The fourth-order valence-corrected chi connectivity index (χ4v) is 2.96. The van der Waals surface area contributed by atoms with E-state index in [0.717, 1.165) is 41.3 Å². The summed E-state index contributed by atoms with van der Waals surface area (Å²) in [5.41, 5.74) is 2.85. The van der Waals surface area contributed by atoms with Gasteiger partial charge in [-0.05, 0) is 50.8 Å². The second kappa shape index (κ2) is 5.43. The molecule has 1 aromatic heterocycles. The lowest BCUT2D eigenvalue weighted by Gasteiger charge is -2.20. The van der Waals surface area contributed by atoms with E-state index >= 15 is 0 Å². The normalized spacial score (nSPS) is 14.1. The summed E-state index contributed by atoms with van der Waals surface area (Å²) in [4.78, 5) is 27.2. The highest BCUT2D eigenvalue weighted by Gasteiger charge is 2.26. The summed E-state index contributed by atoms with van der Waals surface area (Å²) in [5, 5.41) is 3.94. The first kappa shape index (κ1) is 15.1. The van der Waals surface area contributed by atoms with E-state index in [4.69, 9.17) is 11.6 Å². The molecule has 1 aliphatic carbocycles. The number of benzene rings is 1. The van der Waals surface area contributed by atoms with Crippen LogP contribution >= 0.6 is 11.6 Å². The highest BCUT2D eigenvalue weighted by atomic mass is 35.5. The number of amides is 1. The lowest BCUT2D eigenvalue weighted by atomic mass is 9.95. The number of carbonyl (C=O) groups is 1. The number of halogens is 1. The number of carbonyl (C=O) groups excluding carboxylic acids is 1. The summed E-state index contributed by atoms with van der Waals surface area (Å²) < 4.78 is 0. The smallest absolute Gasteiger partial charge is 0.251 e. The maximum absolute atomic E-state index is 12.2. The van der Waals surface area contributed by atoms with Gasteiger partial charge in [0, 0.05) is 22.5 Å². The van der Waals surface area contributed by atoms with Gasteiger partial charge in [-0.2, -0.15) is 0 Å². The van der Waals surface area contributed by atoms with Gasteiger partial charge in [0.1, 0.15) is 0 Å². The minimum absolute atomic E-state index is 0.00966. The Balaban J connectivity index is 1.99. The third-order valence-corrected chi connectivity index (χ3v) is 4.96. The van der Waals surface area contributed by atoms with Crippen LogP contribution in [-0.4, -0.2) is 16.8 Å². The lowest BCUT2D eigenvalue weighted by Crippen LogP contribution is -2.32. The minimum atomic E-state index is -0.637. The molecule has 1 heterocycles. The number of aromatic nitrogens is 1. The van der Waals surface area contributed by atoms with E-state index in [9.17, 15) is 9.59 Å². The molecule has 1 aliphatic rings. The molecule has 0 spiro atoms. The highest BCUT2D eigenvalue weighted by Crippen LogP contribution is 2.28. The molecule has 0 unspecified atom stereocenters. The zero-order valence-corrected chi connectivity index (χ0v) is 13.5. The molecule has 0 saturated heterocycles. The van der Waals surface area contributed by atoms with E-state index < -0.39 is 5.41 Å². The number of fused-ring (bicyclic) bond motifs is 3. The average Bonchev–Trinajstić information content (AvgIpc) is 2.97. The Morgan fingerprint density at radius 2 is 2.05 bits per heavy atom. The fraction of sp³-hybridized carbons (Fsp3) is 0.412. The molecular formula is C17H19ClN2O2. The molecule has 1 amide bonds. The van der Waals surface area contributed by atoms with Crippen molar-refractivity contribution in [3.05, 3.63) is 39.7 Å². The van der Waals surface area contributed by atoms with E-state index in [-0.39, 0.29) is 17.3 Å². The van der Waals surface area contributed by atoms with Gasteiger partial charge >= 0.3 is 0 Å². The van der Waals surface area contributed by atoms with Crippen LogP contribution in [0.15, 0.2) is 23.0 Å². The van der Waals surface area contributed by atoms with Crippen LogP contribution in [0.4, 0.5) is 5.69 Å². The second-order valence-corrected chi connectivity index (χ2v) is 6.76. The SMILES string of the molecule is CC(C)(CCl)C(=O)Nc1ccc2c3c(c(=O)[nH]c2c1)CCC3. The quantitative estimate of drug-likeness (QED) is 0.854. The van der Waals surface area contributed by atoms with Crippen LogP contribution in [0, 0.1) is 5.41 Å². The van der Waals surface area contributed by atoms with E-state index in [0.29, 0.717) is 5.69 Å². The van der Waals surface area contributed by atoms with E-state index in [1.165, 1.54) is 0 Å². The summed E-state index contributed by atoms with van der Waals surface area (Å²) >= 11 is 5.83. The molecule has 0 atom stereocenters. The Labute approximate surface area is 133 Å². The van der Waals surface area contributed by atoms with Gasteiger partial charge < -0.3 is 10.3 Å². The summed E-state index contributed by atoms with van der Waals surface area (Å²) in [6.45, 7) is 3.59. The Bertz CT molecular complexity index is 808. The van der Waals surface area contributed by atoms with Gasteiger partial charge in [0.25, 0.3) is 5.56 Å². The molecule has 0 fully saturated rings. The molecule has 4 nitrogen and oxygen atoms in total. The van der Waals surface area contributed by atoms with Crippen molar-refractivity contribution in [1.29, 1.82) is 0 Å². The molecule has 0 aliphatic heterocycles. The first-order chi connectivity index (χ1) is 10.4. The van der Waals surface area contributed by atoms with Crippen molar-refractivity contribution in [3.8, 4) is 0 Å². The van der Waals surface area contributed by atoms with Gasteiger partial charge in [-0.15, -0.1) is 11.6 Å². The van der Waals surface area contributed by atoms with Gasteiger partial charge in [0.05, 0.1) is 10.9 Å². The van der Waals surface area contributed by atoms with Gasteiger partial charge in [-0.1, -0.05) is 6.07 Å². The van der Waals surface area contributed by atoms with Gasteiger partial charge in [-0.3, -0.25) is 9.59 Å². The summed E-state index contributed by atoms with van der Waals surface area (Å²) in [6, 6.07) is 5.66. The van der Waals surface area contributed by atoms with Crippen molar-refractivity contribution < 1.29 is 4.79 Å². The largest absolute Gasteiger partial charge is 0.326 e. The maximum atomic E-state index is 12.2. The Morgan fingerprint density at radius 3 is 2.77 bits per heavy atom. The topological polar surface area (TPSA) is 62.0 Å². The van der Waals surface area contributed by atoms with Crippen LogP contribution in [-0.2, 0) is 17.6 Å². The van der Waals surface area contributed by atoms with E-state index in [2.05, 4.69) is 10.3 Å². The molecule has 0 radical (unpaired) electrons. The van der Waals surface area contributed by atoms with Crippen LogP contribution in [0.3, 0.4) is 0 Å². The molecule has 22 heavy (non-hydrogen) atoms. The van der Waals surface area contributed by atoms with Crippen molar-refractivity contribution in [2.75, 3.05) is 11.2 Å². The molecular weight excluding hydrogens is 300 g/mol. The minimum Gasteiger partial charge on any atom is -0.326 e. The van der Waals surface area contributed by atoms with E-state index in [1.54, 1.807) is 13.8 Å². The van der Waals surface area contributed by atoms with Crippen molar-refractivity contribution >= 4 is 34.1 Å². The third-order valence-electron chi connectivity index (χ3n) is 4.29. The van der Waals surface area contributed by atoms with Crippen molar-refractivity contribution in [1.82, 2.24) is 4.98 Å². The second-order valence-electron chi connectivity index (χ2n) is 6.50. The molecule has 2 aromatic rings. The standard InChI is InChI=1S/C17H19ClN2O2/c1-17(2,9-18)16(22)19-10-6-7-12-11-4-3-5-13(11)15(21)20-14(12)8-10/h6-8H,3-5,9H2,1-2H3,(H,19,22)(H,20,21). The first-order valence-electron chi connectivity index (χ1n) is 7.47. The van der Waals surface area contributed by atoms with Crippen LogP contribution < -0.4 is 10.9 Å². The van der Waals surface area contributed by atoms with Crippen LogP contribution in [0.2, 0.25) is 0 Å². The van der Waals surface area contributed by atoms with Crippen LogP contribution in [0.25, 0.3) is 10.9 Å². The number of H-pyrrole nitrogens is 1. The van der Waals surface area contributed by atoms with Gasteiger partial charge in [0.15, 0.2) is 0 Å². The number of aryl methyl sites for hydroxylation is 1. The molecule has 0 saturated carbocycles. The van der Waals surface area contributed by atoms with Crippen LogP contribution in [0.5, 0.6) is 0 Å². The lowest BCUT2D eigenvalue weighted by molar-refractivity contribution is -0.122. The monoisotopic (exact) mass is 318 g/mol. The summed E-state index contributed by atoms with van der Waals surface area (Å²) in [6.07, 6.45) is 2.82. The molecule has 1 aromatic carbocycles. The number of hydrogen-bond acceptors (Lipinski definition) is 2. The zero-order valence-electron chi connectivity index (χ0n) is 12.8. The number of alkyl halides is 1. The van der Waals surface area contributed by atoms with Crippen molar-refractivity contribution in [2.24, 2.45) is 5.41 Å². The highest BCUT2D eigenvalue weighted by molar-refractivity contribution is 6.20. The average molecular weight is 319 g/mol. The number of rotatable bonds is 3. The summed E-state index contributed by atoms with van der Waals surface area (Å²) in [7, 11) is 0. The number of nitrogens with one attached hydrogen (secondary N) is 2. The Kier molecular flexibility index (Phi) is 3.73. The third kappa shape index (κ3) is 2.52. The first-order valence-corrected chi connectivity index (χ1v) is 8.01. The molecule has 2 N–H and O–H groups in total. The molecule has 3 rings (SSSR count). The zero-order chi connectivity index (χ0) is 15.9. The number of aromatic amines is 1. The van der Waals surface area contributed by atoms with Crippen molar-refractivity contribution in [3.63, 3.8) is 0 Å². The summed E-state index contributed by atoms with van der Waals surface area (Å²) in [5.74, 6) is 0.113.